The second-order valence-corrected chi connectivity index (χ2v) is 9.05. The first-order valence-electron chi connectivity index (χ1n) is 11.2. The summed E-state index contributed by atoms with van der Waals surface area (Å²) in [5.41, 5.74) is 1.71. The maximum Gasteiger partial charge on any atom is 0.270 e. The SMILES string of the molecule is CCOc1cccc(N2C(=O)/C(=C/c3ccc(OCc4ccc(Cl)cc4Cl)c(OC)c3)C(=O)NC2=S)c1. The molecule has 0 aromatic heterocycles. The van der Waals surface area contributed by atoms with Crippen LogP contribution < -0.4 is 24.4 Å². The largest absolute Gasteiger partial charge is 0.494 e. The third-order valence-corrected chi connectivity index (χ3v) is 6.26. The Labute approximate surface area is 229 Å². The quantitative estimate of drug-likeness (QED) is 0.214. The lowest BCUT2D eigenvalue weighted by Gasteiger charge is -2.29. The molecule has 0 saturated carbocycles. The van der Waals surface area contributed by atoms with Gasteiger partial charge >= 0.3 is 0 Å². The van der Waals surface area contributed by atoms with Crippen LogP contribution in [0, 0.1) is 0 Å². The van der Waals surface area contributed by atoms with E-state index in [2.05, 4.69) is 5.32 Å². The van der Waals surface area contributed by atoms with Crippen molar-refractivity contribution in [3.63, 3.8) is 0 Å². The van der Waals surface area contributed by atoms with Crippen molar-refractivity contribution in [1.29, 1.82) is 0 Å². The van der Waals surface area contributed by atoms with Crippen molar-refractivity contribution in [2.24, 2.45) is 0 Å². The predicted octanol–water partition coefficient (Wildman–Crippen LogP) is 5.81. The number of benzene rings is 3. The number of hydrogen-bond acceptors (Lipinski definition) is 6. The lowest BCUT2D eigenvalue weighted by Crippen LogP contribution is -2.54. The van der Waals surface area contributed by atoms with Crippen LogP contribution in [-0.4, -0.2) is 30.6 Å². The molecule has 7 nitrogen and oxygen atoms in total. The Morgan fingerprint density at radius 3 is 2.54 bits per heavy atom. The van der Waals surface area contributed by atoms with E-state index in [1.54, 1.807) is 60.7 Å². The first-order valence-corrected chi connectivity index (χ1v) is 12.4. The zero-order valence-corrected chi connectivity index (χ0v) is 22.2. The van der Waals surface area contributed by atoms with Crippen LogP contribution in [0.3, 0.4) is 0 Å². The summed E-state index contributed by atoms with van der Waals surface area (Å²) in [6, 6.07) is 17.1. The first-order chi connectivity index (χ1) is 17.8. The molecule has 0 unspecified atom stereocenters. The fourth-order valence-electron chi connectivity index (χ4n) is 3.63. The Hall–Kier alpha value is -3.59. The van der Waals surface area contributed by atoms with Crippen LogP contribution in [0.25, 0.3) is 6.08 Å². The van der Waals surface area contributed by atoms with Crippen molar-refractivity contribution < 1.29 is 23.8 Å². The highest BCUT2D eigenvalue weighted by Gasteiger charge is 2.34. The topological polar surface area (TPSA) is 77.1 Å². The molecule has 1 fully saturated rings. The van der Waals surface area contributed by atoms with E-state index in [0.717, 1.165) is 5.56 Å². The highest BCUT2D eigenvalue weighted by molar-refractivity contribution is 7.80. The molecule has 37 heavy (non-hydrogen) atoms. The van der Waals surface area contributed by atoms with Crippen LogP contribution in [0.4, 0.5) is 5.69 Å². The van der Waals surface area contributed by atoms with Crippen molar-refractivity contribution in [2.45, 2.75) is 13.5 Å². The summed E-state index contributed by atoms with van der Waals surface area (Å²) >= 11 is 17.5. The highest BCUT2D eigenvalue weighted by Crippen LogP contribution is 2.32. The van der Waals surface area contributed by atoms with Crippen LogP contribution >= 0.6 is 35.4 Å². The van der Waals surface area contributed by atoms with Gasteiger partial charge in [-0.1, -0.05) is 41.4 Å². The van der Waals surface area contributed by atoms with Crippen molar-refractivity contribution in [2.75, 3.05) is 18.6 Å². The monoisotopic (exact) mass is 556 g/mol. The summed E-state index contributed by atoms with van der Waals surface area (Å²) in [5, 5.41) is 3.59. The minimum atomic E-state index is -0.594. The molecular weight excluding hydrogens is 535 g/mol. The maximum absolute atomic E-state index is 13.3. The predicted molar refractivity (Wildman–Crippen MR) is 148 cm³/mol. The molecule has 0 bridgehead atoms. The summed E-state index contributed by atoms with van der Waals surface area (Å²) in [6.07, 6.45) is 1.47. The van der Waals surface area contributed by atoms with Crippen LogP contribution in [0.5, 0.6) is 17.2 Å². The van der Waals surface area contributed by atoms with E-state index in [9.17, 15) is 9.59 Å². The van der Waals surface area contributed by atoms with Gasteiger partial charge in [0.1, 0.15) is 17.9 Å². The smallest absolute Gasteiger partial charge is 0.270 e. The first kappa shape index (κ1) is 26.5. The molecule has 0 atom stereocenters. The van der Waals surface area contributed by atoms with Gasteiger partial charge in [-0.15, -0.1) is 0 Å². The summed E-state index contributed by atoms with van der Waals surface area (Å²) in [7, 11) is 1.50. The van der Waals surface area contributed by atoms with E-state index in [0.29, 0.717) is 45.2 Å². The lowest BCUT2D eigenvalue weighted by atomic mass is 10.1. The molecule has 1 aliphatic heterocycles. The molecule has 0 spiro atoms. The molecule has 0 aliphatic carbocycles. The van der Waals surface area contributed by atoms with Gasteiger partial charge in [-0.2, -0.15) is 0 Å². The third kappa shape index (κ3) is 6.05. The zero-order valence-electron chi connectivity index (χ0n) is 19.9. The Morgan fingerprint density at radius 1 is 1.00 bits per heavy atom. The Kier molecular flexibility index (Phi) is 8.33. The van der Waals surface area contributed by atoms with E-state index in [-0.39, 0.29) is 17.3 Å². The van der Waals surface area contributed by atoms with Crippen LogP contribution in [0.1, 0.15) is 18.1 Å². The zero-order chi connectivity index (χ0) is 26.5. The molecule has 4 rings (SSSR count). The van der Waals surface area contributed by atoms with E-state index in [1.165, 1.54) is 18.1 Å². The van der Waals surface area contributed by atoms with Crippen LogP contribution in [-0.2, 0) is 16.2 Å². The molecule has 3 aromatic carbocycles. The molecule has 2 amide bonds. The Morgan fingerprint density at radius 2 is 1.81 bits per heavy atom. The van der Waals surface area contributed by atoms with Gasteiger partial charge in [0.05, 0.1) is 19.4 Å². The molecule has 1 aliphatic rings. The Balaban J connectivity index is 1.59. The molecule has 1 N–H and O–H groups in total. The summed E-state index contributed by atoms with van der Waals surface area (Å²) in [6.45, 7) is 2.53. The Bertz CT molecular complexity index is 1410. The van der Waals surface area contributed by atoms with Gasteiger partial charge in [0, 0.05) is 21.7 Å². The van der Waals surface area contributed by atoms with Crippen molar-refractivity contribution in [3.05, 3.63) is 87.4 Å². The minimum absolute atomic E-state index is 0.0111. The molecule has 0 radical (unpaired) electrons. The van der Waals surface area contributed by atoms with E-state index < -0.39 is 11.8 Å². The van der Waals surface area contributed by atoms with Crippen molar-refractivity contribution in [1.82, 2.24) is 5.32 Å². The fourth-order valence-corrected chi connectivity index (χ4v) is 4.37. The normalized spacial score (nSPS) is 14.5. The number of anilines is 1. The van der Waals surface area contributed by atoms with E-state index in [1.807, 2.05) is 6.92 Å². The van der Waals surface area contributed by atoms with Crippen molar-refractivity contribution in [3.8, 4) is 17.2 Å². The average Bonchev–Trinajstić information content (AvgIpc) is 2.87. The number of nitrogens with zero attached hydrogens (tertiary/aromatic N) is 1. The number of amides is 2. The average molecular weight is 557 g/mol. The van der Waals surface area contributed by atoms with Gasteiger partial charge in [0.2, 0.25) is 0 Å². The van der Waals surface area contributed by atoms with Crippen LogP contribution in [0.2, 0.25) is 10.0 Å². The molecule has 1 saturated heterocycles. The van der Waals surface area contributed by atoms with Gasteiger partial charge in [-0.3, -0.25) is 19.8 Å². The van der Waals surface area contributed by atoms with Gasteiger partial charge < -0.3 is 14.2 Å². The summed E-state index contributed by atoms with van der Waals surface area (Å²) < 4.78 is 16.9. The number of halogens is 2. The number of nitrogens with one attached hydrogen (secondary N) is 1. The number of methoxy groups -OCH3 is 1. The minimum Gasteiger partial charge on any atom is -0.494 e. The number of carbonyl (C=O) groups excluding carboxylic acids is 2. The van der Waals surface area contributed by atoms with Crippen molar-refractivity contribution >= 4 is 64.1 Å². The molecular formula is C27H22Cl2N2O5S. The molecule has 190 valence electrons. The maximum atomic E-state index is 13.3. The molecule has 3 aromatic rings. The number of thiocarbonyl (C=S) groups is 1. The molecule has 10 heteroatoms. The number of carbonyl (C=O) groups is 2. The summed E-state index contributed by atoms with van der Waals surface area (Å²) in [5.74, 6) is 0.312. The third-order valence-electron chi connectivity index (χ3n) is 5.39. The van der Waals surface area contributed by atoms with Gasteiger partial charge in [-0.05, 0) is 67.2 Å². The standard InChI is InChI=1S/C27H22Cl2N2O5S/c1-3-35-20-6-4-5-19(14-20)31-26(33)21(25(32)30-27(31)37)11-16-7-10-23(24(12-16)34-2)36-15-17-8-9-18(28)13-22(17)29/h4-14H,3,15H2,1-2H3,(H,30,32,37)/b21-11+. The van der Waals surface area contributed by atoms with E-state index >= 15 is 0 Å². The number of ether oxygens (including phenoxy) is 3. The highest BCUT2D eigenvalue weighted by atomic mass is 35.5. The van der Waals surface area contributed by atoms with Gasteiger partial charge in [-0.25, -0.2) is 0 Å². The van der Waals surface area contributed by atoms with Crippen LogP contribution in [0.15, 0.2) is 66.2 Å². The number of hydrogen-bond donors (Lipinski definition) is 1. The van der Waals surface area contributed by atoms with Gasteiger partial charge in [0.15, 0.2) is 16.6 Å². The number of rotatable bonds is 8. The second-order valence-electron chi connectivity index (χ2n) is 7.82. The lowest BCUT2D eigenvalue weighted by molar-refractivity contribution is -0.122. The summed E-state index contributed by atoms with van der Waals surface area (Å²) in [4.78, 5) is 27.3. The molecule has 1 heterocycles. The van der Waals surface area contributed by atoms with E-state index in [4.69, 9.17) is 49.6 Å². The fraction of sp³-hybridized carbons (Fsp3) is 0.148. The van der Waals surface area contributed by atoms with Gasteiger partial charge in [0.25, 0.3) is 11.8 Å². The second kappa shape index (κ2) is 11.6.